The molecule has 10 nitrogen and oxygen atoms in total. The summed E-state index contributed by atoms with van der Waals surface area (Å²) in [6.07, 6.45) is -7.42. The molecule has 3 rings (SSSR count). The van der Waals surface area contributed by atoms with Gasteiger partial charge in [0.15, 0.2) is 0 Å². The Balaban J connectivity index is 1.77. The van der Waals surface area contributed by atoms with Gasteiger partial charge in [-0.3, -0.25) is 10.0 Å². The largest absolute Gasteiger partial charge is 0.480 e. The Hall–Kier alpha value is -2.71. The number of esters is 1. The van der Waals surface area contributed by atoms with Crippen LogP contribution >= 0.6 is 10.2 Å². The van der Waals surface area contributed by atoms with E-state index < -0.39 is 74.6 Å². The highest BCUT2D eigenvalue weighted by Gasteiger charge is 2.65. The molecule has 0 bridgehead atoms. The van der Waals surface area contributed by atoms with Crippen LogP contribution in [0.4, 0.5) is 32.6 Å². The highest BCUT2D eigenvalue weighted by molar-refractivity contribution is 8.45. The van der Waals surface area contributed by atoms with Gasteiger partial charge in [-0.2, -0.15) is 18.2 Å². The van der Waals surface area contributed by atoms with Crippen molar-refractivity contribution in [3.8, 4) is 5.75 Å². The normalized spacial score (nSPS) is 22.5. The molecule has 2 aliphatic rings. The predicted molar refractivity (Wildman–Crippen MR) is 107 cm³/mol. The molecule has 0 spiro atoms. The minimum absolute atomic E-state index is 0.0551. The number of hydrogen-bond acceptors (Lipinski definition) is 9. The summed E-state index contributed by atoms with van der Waals surface area (Å²) in [6.45, 7) is -0.270. The van der Waals surface area contributed by atoms with E-state index in [9.17, 15) is 47.4 Å². The summed E-state index contributed by atoms with van der Waals surface area (Å²) in [5.74, 6) is -3.85. The second kappa shape index (κ2) is 8.95. The van der Waals surface area contributed by atoms with Crippen molar-refractivity contribution < 1.29 is 66.8 Å². The molecule has 1 aromatic rings. The Kier molecular flexibility index (Phi) is 6.98. The third-order valence-corrected chi connectivity index (χ3v) is 6.36. The van der Waals surface area contributed by atoms with Crippen molar-refractivity contribution in [3.63, 3.8) is 0 Å². The van der Waals surface area contributed by atoms with Crippen LogP contribution in [0.25, 0.3) is 6.08 Å². The molecule has 3 N–H and O–H groups in total. The number of benzene rings is 1. The quantitative estimate of drug-likeness (QED) is 0.135. The van der Waals surface area contributed by atoms with E-state index in [1.165, 1.54) is 0 Å². The first-order valence-corrected chi connectivity index (χ1v) is 12.0. The minimum atomic E-state index is -10.2. The van der Waals surface area contributed by atoms with Crippen molar-refractivity contribution in [1.29, 1.82) is 0 Å². The van der Waals surface area contributed by atoms with E-state index in [2.05, 4.69) is 14.3 Å². The summed E-state index contributed by atoms with van der Waals surface area (Å²) in [5, 5.41) is 19.9. The lowest BCUT2D eigenvalue weighted by molar-refractivity contribution is -0.355. The van der Waals surface area contributed by atoms with E-state index in [0.29, 0.717) is 6.42 Å². The molecule has 1 fully saturated rings. The lowest BCUT2D eigenvalue weighted by Crippen LogP contribution is -2.53. The number of hydrazine groups is 2. The highest BCUT2D eigenvalue weighted by Crippen LogP contribution is 3.02. The van der Waals surface area contributed by atoms with Crippen molar-refractivity contribution in [2.45, 2.75) is 43.0 Å². The predicted octanol–water partition coefficient (Wildman–Crippen LogP) is 4.45. The summed E-state index contributed by atoms with van der Waals surface area (Å²) in [7, 11) is -10.2. The summed E-state index contributed by atoms with van der Waals surface area (Å²) >= 11 is 0. The monoisotopic (exact) mass is 573 g/mol. The number of carbonyl (C=O) groups excluding carboxylic acids is 1. The molecule has 19 heteroatoms. The topological polar surface area (TPSA) is 121 Å². The van der Waals surface area contributed by atoms with E-state index in [4.69, 9.17) is 5.11 Å². The number of carboxylic acid groups (broad SMARTS) is 1. The molecule has 2 atom stereocenters. The molecular formula is C18H19F8N3O7S. The van der Waals surface area contributed by atoms with E-state index in [-0.39, 0.29) is 36.5 Å². The molecule has 0 unspecified atom stereocenters. The van der Waals surface area contributed by atoms with Crippen molar-refractivity contribution in [3.05, 3.63) is 28.8 Å². The Morgan fingerprint density at radius 1 is 1.24 bits per heavy atom. The Morgan fingerprint density at radius 2 is 1.89 bits per heavy atom. The van der Waals surface area contributed by atoms with Crippen LogP contribution in [0.2, 0.25) is 0 Å². The zero-order valence-electron chi connectivity index (χ0n) is 18.5. The number of carbonyl (C=O) groups is 2. The third kappa shape index (κ3) is 6.60. The number of aryl methyl sites for hydroxylation is 1. The summed E-state index contributed by atoms with van der Waals surface area (Å²) in [4.78, 5) is 25.6. The van der Waals surface area contributed by atoms with Gasteiger partial charge >= 0.3 is 28.3 Å². The van der Waals surface area contributed by atoms with Gasteiger partial charge in [-0.1, -0.05) is 25.0 Å². The molecule has 1 aromatic carbocycles. The van der Waals surface area contributed by atoms with Crippen molar-refractivity contribution in [1.82, 2.24) is 15.9 Å². The first-order valence-electron chi connectivity index (χ1n) is 10.1. The average Bonchev–Trinajstić information content (AvgIpc) is 3.23. The number of aliphatic carboxylic acids is 1. The van der Waals surface area contributed by atoms with Gasteiger partial charge in [0.25, 0.3) is 0 Å². The summed E-state index contributed by atoms with van der Waals surface area (Å²) < 4.78 is 116. The number of halogens is 8. The summed E-state index contributed by atoms with van der Waals surface area (Å²) in [6, 6.07) is -1.32. The van der Waals surface area contributed by atoms with Crippen LogP contribution in [0.1, 0.15) is 24.0 Å². The first-order chi connectivity index (χ1) is 16.7. The lowest BCUT2D eigenvalue weighted by Gasteiger charge is -2.41. The molecule has 0 radical (unpaired) electrons. The fourth-order valence-electron chi connectivity index (χ4n) is 3.62. The van der Waals surface area contributed by atoms with Crippen LogP contribution in [-0.4, -0.2) is 64.2 Å². The van der Waals surface area contributed by atoms with Gasteiger partial charge in [0.05, 0.1) is 5.57 Å². The fourth-order valence-corrected chi connectivity index (χ4v) is 4.37. The first kappa shape index (κ1) is 28.9. The molecule has 2 aliphatic heterocycles. The number of hydrogen-bond donors (Lipinski definition) is 3. The van der Waals surface area contributed by atoms with Gasteiger partial charge in [0.1, 0.15) is 16.7 Å². The average molecular weight is 573 g/mol. The van der Waals surface area contributed by atoms with E-state index in [1.807, 2.05) is 0 Å². The van der Waals surface area contributed by atoms with Gasteiger partial charge in [0.2, 0.25) is 12.9 Å². The lowest BCUT2D eigenvalue weighted by atomic mass is 9.99. The zero-order valence-corrected chi connectivity index (χ0v) is 19.3. The number of fused-ring (bicyclic) bond motifs is 1. The number of nitrogens with zero attached hydrogens (tertiary/aromatic N) is 2. The van der Waals surface area contributed by atoms with Gasteiger partial charge in [-0.15, -0.1) is 0 Å². The van der Waals surface area contributed by atoms with Crippen LogP contribution in [0.5, 0.6) is 5.75 Å². The van der Waals surface area contributed by atoms with Crippen LogP contribution in [-0.2, 0) is 19.2 Å². The molecule has 0 aliphatic carbocycles. The van der Waals surface area contributed by atoms with Crippen LogP contribution in [0.3, 0.4) is 0 Å². The van der Waals surface area contributed by atoms with E-state index in [1.54, 1.807) is 5.59 Å². The number of ether oxygens (including phenoxy) is 2. The second-order valence-corrected chi connectivity index (χ2v) is 10.4. The van der Waals surface area contributed by atoms with Gasteiger partial charge < -0.3 is 14.6 Å². The molecular weight excluding hydrogens is 554 g/mol. The van der Waals surface area contributed by atoms with Gasteiger partial charge in [-0.25, -0.2) is 9.63 Å². The van der Waals surface area contributed by atoms with Crippen molar-refractivity contribution in [2.75, 3.05) is 13.3 Å². The number of nitrogens with one attached hydrogen (secondary N) is 1. The second-order valence-electron chi connectivity index (χ2n) is 8.00. The Morgan fingerprint density at radius 3 is 2.46 bits per heavy atom. The zero-order chi connectivity index (χ0) is 28.0. The van der Waals surface area contributed by atoms with Crippen LogP contribution in [0.15, 0.2) is 22.6 Å². The number of carboxylic acids is 1. The SMILES string of the molecule is Cc1cc(S(F)(F)(F)(F)F)cc2c1O[C@H](C(F)(F)F)C(C(=O)OCONN(O)N1CCC[C@H]1C(=O)O)=C2. The van der Waals surface area contributed by atoms with Crippen molar-refractivity contribution >= 4 is 28.2 Å². The van der Waals surface area contributed by atoms with Crippen molar-refractivity contribution in [2.24, 2.45) is 0 Å². The summed E-state index contributed by atoms with van der Waals surface area (Å²) in [5.41, 5.74) is -1.16. The highest BCUT2D eigenvalue weighted by atomic mass is 32.5. The minimum Gasteiger partial charge on any atom is -0.480 e. The molecule has 210 valence electrons. The smallest absolute Gasteiger partial charge is 0.430 e. The van der Waals surface area contributed by atoms with E-state index >= 15 is 0 Å². The molecule has 1 saturated heterocycles. The molecule has 37 heavy (non-hydrogen) atoms. The number of alkyl halides is 3. The third-order valence-electron chi connectivity index (χ3n) is 5.23. The standard InChI is InChI=1S/C18H19F8N3O7S/c1-9-5-11(37(22,23,24,25)26)6-10-7-12(15(18(19,20)21)36-14(9)10)17(32)34-8-35-27-29(33)28-4-2-3-13(28)16(30)31/h5-7,13,15,27,33H,2-4,8H2,1H3,(H,30,31)/t13-,15-/m0/s1. The van der Waals surface area contributed by atoms with Crippen LogP contribution < -0.4 is 10.3 Å². The molecule has 0 saturated carbocycles. The Bertz CT molecular complexity index is 1130. The van der Waals surface area contributed by atoms with Crippen LogP contribution in [0, 0.1) is 6.92 Å². The van der Waals surface area contributed by atoms with E-state index in [0.717, 1.165) is 11.9 Å². The van der Waals surface area contributed by atoms with Gasteiger partial charge in [-0.05, 0) is 48.8 Å². The fraction of sp³-hybridized carbons (Fsp3) is 0.444. The molecule has 2 heterocycles. The Labute approximate surface area is 202 Å². The molecule has 0 aromatic heterocycles. The van der Waals surface area contributed by atoms with Gasteiger partial charge in [0, 0.05) is 12.1 Å². The maximum absolute atomic E-state index is 13.5. The molecule has 0 amide bonds. The maximum Gasteiger partial charge on any atom is 0.430 e. The number of rotatable bonds is 8. The maximum atomic E-state index is 13.5.